The van der Waals surface area contributed by atoms with Crippen molar-refractivity contribution in [2.24, 2.45) is 0 Å². The van der Waals surface area contributed by atoms with Crippen LogP contribution in [0.4, 0.5) is 0 Å². The molecule has 0 bridgehead atoms. The molecule has 1 nitrogen and oxygen atoms in total. The molecule has 0 spiro atoms. The van der Waals surface area contributed by atoms with Crippen LogP contribution in [-0.2, 0) is 0 Å². The number of aromatic nitrogens is 1. The summed E-state index contributed by atoms with van der Waals surface area (Å²) in [7, 11) is 0. The molecule has 39 heavy (non-hydrogen) atoms. The SMILES string of the molecule is c1ccc2c(c1)[se]c1cc3c(cc12)c1ccc2sc4cccc5c6ccccc6c6ccccc6n3c1c2c45. The van der Waals surface area contributed by atoms with Crippen LogP contribution in [0.2, 0.25) is 0 Å². The third-order valence-electron chi connectivity index (χ3n) is 8.54. The summed E-state index contributed by atoms with van der Waals surface area (Å²) >= 11 is 2.24. The molecule has 0 aliphatic carbocycles. The molecule has 0 aliphatic heterocycles. The summed E-state index contributed by atoms with van der Waals surface area (Å²) in [5.74, 6) is 0. The van der Waals surface area contributed by atoms with Crippen molar-refractivity contribution in [3.8, 4) is 0 Å². The van der Waals surface area contributed by atoms with E-state index in [1.807, 2.05) is 11.3 Å². The maximum absolute atomic E-state index is 2.59. The minimum atomic E-state index is 0.318. The molecule has 10 aromatic rings. The molecular formula is C36H19NSSe. The normalized spacial score (nSPS) is 12.6. The van der Waals surface area contributed by atoms with E-state index < -0.39 is 0 Å². The molecule has 0 atom stereocenters. The molecule has 0 unspecified atom stereocenters. The second kappa shape index (κ2) is 7.28. The van der Waals surface area contributed by atoms with Gasteiger partial charge in [-0.1, -0.05) is 0 Å². The van der Waals surface area contributed by atoms with Crippen LogP contribution in [0.5, 0.6) is 0 Å². The Balaban J connectivity index is 1.64. The summed E-state index contributed by atoms with van der Waals surface area (Å²) in [6, 6.07) is 43.5. The fraction of sp³-hybridized carbons (Fsp3) is 0. The Morgan fingerprint density at radius 3 is 2.05 bits per heavy atom. The number of hydrogen-bond donors (Lipinski definition) is 0. The Morgan fingerprint density at radius 2 is 1.15 bits per heavy atom. The standard InChI is InChI=1S/C36H19NSSe/c1-2-9-21-20(8-1)22-10-3-5-13-28(22)37-29-19-33-27(23-11-4-6-15-32(23)39-33)18-26(29)25-16-17-31-35(36(25)37)34-24(21)12-7-14-30(34)38-31/h1-19H. The quantitative estimate of drug-likeness (QED) is 0.158. The minimum absolute atomic E-state index is 0.318. The molecule has 0 N–H and O–H groups in total. The number of nitrogens with zero attached hydrogens (tertiary/aromatic N) is 1. The Hall–Kier alpha value is -4.14. The Kier molecular flexibility index (Phi) is 3.88. The fourth-order valence-electron chi connectivity index (χ4n) is 6.95. The molecular weight excluding hydrogens is 557 g/mol. The van der Waals surface area contributed by atoms with Gasteiger partial charge >= 0.3 is 234 Å². The van der Waals surface area contributed by atoms with Crippen LogP contribution >= 0.6 is 11.3 Å². The van der Waals surface area contributed by atoms with E-state index in [4.69, 9.17) is 0 Å². The second-order valence-electron chi connectivity index (χ2n) is 10.5. The van der Waals surface area contributed by atoms with Gasteiger partial charge in [0.15, 0.2) is 0 Å². The zero-order valence-electron chi connectivity index (χ0n) is 20.7. The van der Waals surface area contributed by atoms with Crippen molar-refractivity contribution < 1.29 is 0 Å². The molecule has 0 saturated carbocycles. The Morgan fingerprint density at radius 1 is 0.436 bits per heavy atom. The van der Waals surface area contributed by atoms with Crippen LogP contribution in [0.1, 0.15) is 0 Å². The van der Waals surface area contributed by atoms with Crippen LogP contribution < -0.4 is 0 Å². The van der Waals surface area contributed by atoms with Gasteiger partial charge in [0, 0.05) is 0 Å². The number of benzene rings is 6. The monoisotopic (exact) mass is 577 g/mol. The van der Waals surface area contributed by atoms with Gasteiger partial charge in [0.05, 0.1) is 0 Å². The first kappa shape index (κ1) is 20.8. The predicted octanol–water partition coefficient (Wildman–Crippen LogP) is 10.3. The summed E-state index contributed by atoms with van der Waals surface area (Å²) in [4.78, 5) is 0. The summed E-state index contributed by atoms with van der Waals surface area (Å²) in [5, 5.41) is 13.5. The molecule has 180 valence electrons. The molecule has 4 heterocycles. The predicted molar refractivity (Wildman–Crippen MR) is 172 cm³/mol. The number of hydrogen-bond acceptors (Lipinski definition) is 1. The van der Waals surface area contributed by atoms with E-state index >= 15 is 0 Å². The number of thiophene rings is 1. The molecule has 6 aromatic carbocycles. The summed E-state index contributed by atoms with van der Waals surface area (Å²) < 4.78 is 8.28. The van der Waals surface area contributed by atoms with Gasteiger partial charge in [-0.25, -0.2) is 0 Å². The van der Waals surface area contributed by atoms with Gasteiger partial charge in [-0.05, 0) is 0 Å². The van der Waals surface area contributed by atoms with Crippen molar-refractivity contribution in [1.29, 1.82) is 0 Å². The van der Waals surface area contributed by atoms with Crippen LogP contribution in [0, 0.1) is 0 Å². The van der Waals surface area contributed by atoms with E-state index in [2.05, 4.69) is 120 Å². The van der Waals surface area contributed by atoms with Crippen LogP contribution in [0.3, 0.4) is 0 Å². The van der Waals surface area contributed by atoms with Crippen molar-refractivity contribution in [2.45, 2.75) is 0 Å². The summed E-state index contributed by atoms with van der Waals surface area (Å²) in [5.41, 5.74) is 3.91. The average molecular weight is 577 g/mol. The van der Waals surface area contributed by atoms with Crippen molar-refractivity contribution in [3.63, 3.8) is 0 Å². The number of fused-ring (bicyclic) bond motifs is 11. The average Bonchev–Trinajstić information content (AvgIpc) is 3.65. The summed E-state index contributed by atoms with van der Waals surface area (Å²) in [6.45, 7) is 0. The zero-order valence-corrected chi connectivity index (χ0v) is 23.3. The van der Waals surface area contributed by atoms with Gasteiger partial charge in [-0.2, -0.15) is 0 Å². The van der Waals surface area contributed by atoms with E-state index in [9.17, 15) is 0 Å². The van der Waals surface area contributed by atoms with E-state index in [-0.39, 0.29) is 0 Å². The molecule has 10 rings (SSSR count). The van der Waals surface area contributed by atoms with E-state index in [0.29, 0.717) is 14.5 Å². The first-order valence-electron chi connectivity index (χ1n) is 13.3. The van der Waals surface area contributed by atoms with Crippen LogP contribution in [0.25, 0.3) is 88.3 Å². The van der Waals surface area contributed by atoms with Gasteiger partial charge in [-0.3, -0.25) is 0 Å². The van der Waals surface area contributed by atoms with Crippen molar-refractivity contribution in [3.05, 3.63) is 115 Å². The zero-order chi connectivity index (χ0) is 25.2. The van der Waals surface area contributed by atoms with Crippen LogP contribution in [0.15, 0.2) is 115 Å². The van der Waals surface area contributed by atoms with Gasteiger partial charge in [0.1, 0.15) is 0 Å². The molecule has 0 saturated heterocycles. The number of para-hydroxylation sites is 1. The first-order valence-corrected chi connectivity index (χ1v) is 15.8. The van der Waals surface area contributed by atoms with E-state index in [0.717, 1.165) is 0 Å². The molecule has 0 fully saturated rings. The summed E-state index contributed by atoms with van der Waals surface area (Å²) in [6.07, 6.45) is 0. The molecule has 0 amide bonds. The maximum atomic E-state index is 2.59. The van der Waals surface area contributed by atoms with E-state index in [1.165, 1.54) is 88.3 Å². The molecule has 3 heteroatoms. The second-order valence-corrected chi connectivity index (χ2v) is 13.8. The molecule has 4 aromatic heterocycles. The topological polar surface area (TPSA) is 4.41 Å². The van der Waals surface area contributed by atoms with Crippen molar-refractivity contribution >= 4 is 114 Å². The Labute approximate surface area is 232 Å². The molecule has 0 aliphatic rings. The third kappa shape index (κ3) is 2.56. The van der Waals surface area contributed by atoms with Gasteiger partial charge < -0.3 is 0 Å². The van der Waals surface area contributed by atoms with Crippen molar-refractivity contribution in [2.75, 3.05) is 0 Å². The van der Waals surface area contributed by atoms with Gasteiger partial charge in [-0.15, -0.1) is 0 Å². The number of rotatable bonds is 0. The van der Waals surface area contributed by atoms with Crippen molar-refractivity contribution in [1.82, 2.24) is 4.40 Å². The fourth-order valence-corrected chi connectivity index (χ4v) is 10.4. The Bertz CT molecular complexity index is 2670. The van der Waals surface area contributed by atoms with Gasteiger partial charge in [0.2, 0.25) is 0 Å². The van der Waals surface area contributed by atoms with E-state index in [1.54, 1.807) is 0 Å². The first-order chi connectivity index (χ1) is 19.3. The molecule has 0 radical (unpaired) electrons. The third-order valence-corrected chi connectivity index (χ3v) is 12.0. The van der Waals surface area contributed by atoms with Crippen LogP contribution in [-0.4, -0.2) is 18.9 Å². The van der Waals surface area contributed by atoms with Gasteiger partial charge in [0.25, 0.3) is 0 Å².